The summed E-state index contributed by atoms with van der Waals surface area (Å²) < 4.78 is 5.07. The molecule has 0 saturated carbocycles. The second-order valence-corrected chi connectivity index (χ2v) is 4.00. The zero-order chi connectivity index (χ0) is 12.1. The molecule has 2 rings (SSSR count). The summed E-state index contributed by atoms with van der Waals surface area (Å²) in [6.07, 6.45) is 7.29. The number of nitrogens with zero attached hydrogens (tertiary/aromatic N) is 1. The molecule has 0 aromatic carbocycles. The molecule has 0 amide bonds. The van der Waals surface area contributed by atoms with Gasteiger partial charge in [-0.25, -0.2) is 4.79 Å². The number of carbonyl (C=O) groups is 1. The fourth-order valence-corrected chi connectivity index (χ4v) is 1.98. The van der Waals surface area contributed by atoms with Crippen molar-refractivity contribution in [3.05, 3.63) is 23.7 Å². The highest BCUT2D eigenvalue weighted by atomic mass is 16.5. The molecule has 92 valence electrons. The van der Waals surface area contributed by atoms with Crippen LogP contribution in [0.4, 0.5) is 5.69 Å². The molecule has 0 aliphatic heterocycles. The molecule has 0 unspecified atom stereocenters. The number of H-pyrrole nitrogens is 1. The minimum atomic E-state index is -0.196. The summed E-state index contributed by atoms with van der Waals surface area (Å²) >= 11 is 0. The molecule has 0 fully saturated rings. The van der Waals surface area contributed by atoms with E-state index in [0.29, 0.717) is 6.61 Å². The first-order valence-corrected chi connectivity index (χ1v) is 5.96. The fourth-order valence-electron chi connectivity index (χ4n) is 1.98. The molecule has 1 aliphatic carbocycles. The molecule has 0 spiro atoms. The maximum absolute atomic E-state index is 11.8. The summed E-state index contributed by atoms with van der Waals surface area (Å²) in [5.74, 6) is -0.196. The van der Waals surface area contributed by atoms with Gasteiger partial charge in [0.25, 0.3) is 0 Å². The van der Waals surface area contributed by atoms with Gasteiger partial charge in [0.05, 0.1) is 24.1 Å². The van der Waals surface area contributed by atoms with Gasteiger partial charge in [0.2, 0.25) is 0 Å². The molecule has 5 nitrogen and oxygen atoms in total. The molecule has 1 heterocycles. The molecule has 0 bridgehead atoms. The van der Waals surface area contributed by atoms with Crippen LogP contribution in [0, 0.1) is 0 Å². The van der Waals surface area contributed by atoms with Crippen molar-refractivity contribution in [3.8, 4) is 0 Å². The second kappa shape index (κ2) is 5.52. The van der Waals surface area contributed by atoms with Crippen LogP contribution < -0.4 is 5.32 Å². The van der Waals surface area contributed by atoms with E-state index in [0.717, 1.165) is 42.6 Å². The third-order valence-electron chi connectivity index (χ3n) is 2.78. The molecule has 0 radical (unpaired) electrons. The van der Waals surface area contributed by atoms with Gasteiger partial charge in [-0.1, -0.05) is 0 Å². The molecule has 5 heteroatoms. The average Bonchev–Trinajstić information content (AvgIpc) is 2.83. The summed E-state index contributed by atoms with van der Waals surface area (Å²) in [5, 5.41) is 9.84. The Labute approximate surface area is 100 Å². The Bertz CT molecular complexity index is 409. The van der Waals surface area contributed by atoms with Gasteiger partial charge in [0.15, 0.2) is 0 Å². The molecule has 17 heavy (non-hydrogen) atoms. The first kappa shape index (κ1) is 11.7. The maximum Gasteiger partial charge on any atom is 0.335 e. The van der Waals surface area contributed by atoms with Crippen LogP contribution in [0.3, 0.4) is 0 Å². The number of allylic oxidation sites excluding steroid dienone is 1. The Morgan fingerprint density at radius 2 is 2.35 bits per heavy atom. The Morgan fingerprint density at radius 1 is 1.53 bits per heavy atom. The lowest BCUT2D eigenvalue weighted by molar-refractivity contribution is -0.138. The normalized spacial score (nSPS) is 15.8. The molecule has 1 aliphatic rings. The lowest BCUT2D eigenvalue weighted by Gasteiger charge is -2.19. The number of anilines is 1. The average molecular weight is 235 g/mol. The van der Waals surface area contributed by atoms with Crippen molar-refractivity contribution in [2.24, 2.45) is 0 Å². The third kappa shape index (κ3) is 2.87. The van der Waals surface area contributed by atoms with E-state index in [-0.39, 0.29) is 5.97 Å². The predicted octanol–water partition coefficient (Wildman–Crippen LogP) is 2.21. The van der Waals surface area contributed by atoms with E-state index in [4.69, 9.17) is 4.74 Å². The second-order valence-electron chi connectivity index (χ2n) is 4.00. The number of aromatic nitrogens is 2. The zero-order valence-electron chi connectivity index (χ0n) is 9.95. The lowest BCUT2D eigenvalue weighted by atomic mass is 9.96. The highest BCUT2D eigenvalue weighted by Gasteiger charge is 2.20. The van der Waals surface area contributed by atoms with Gasteiger partial charge in [-0.3, -0.25) is 5.10 Å². The van der Waals surface area contributed by atoms with Crippen molar-refractivity contribution in [3.63, 3.8) is 0 Å². The number of nitrogens with one attached hydrogen (secondary N) is 2. The molecular formula is C12H17N3O2. The van der Waals surface area contributed by atoms with E-state index < -0.39 is 0 Å². The summed E-state index contributed by atoms with van der Waals surface area (Å²) in [5.41, 5.74) is 2.62. The van der Waals surface area contributed by atoms with Crippen LogP contribution in [0.5, 0.6) is 0 Å². The Hall–Kier alpha value is -1.78. The molecule has 0 atom stereocenters. The summed E-state index contributed by atoms with van der Waals surface area (Å²) in [6, 6.07) is 0. The number of rotatable bonds is 4. The van der Waals surface area contributed by atoms with Crippen LogP contribution in [-0.4, -0.2) is 22.8 Å². The van der Waals surface area contributed by atoms with E-state index in [1.165, 1.54) is 0 Å². The van der Waals surface area contributed by atoms with E-state index >= 15 is 0 Å². The number of ether oxygens (including phenoxy) is 1. The SMILES string of the molecule is CCOC(=O)C1=C(Nc2cn[nH]c2)CCCC1. The van der Waals surface area contributed by atoms with Crippen LogP contribution >= 0.6 is 0 Å². The van der Waals surface area contributed by atoms with Crippen molar-refractivity contribution in [1.29, 1.82) is 0 Å². The number of carbonyl (C=O) groups excluding carboxylic acids is 1. The minimum absolute atomic E-state index is 0.196. The van der Waals surface area contributed by atoms with Crippen LogP contribution in [0.25, 0.3) is 0 Å². The Morgan fingerprint density at radius 3 is 3.06 bits per heavy atom. The van der Waals surface area contributed by atoms with Gasteiger partial charge in [0, 0.05) is 11.9 Å². The maximum atomic E-state index is 11.8. The largest absolute Gasteiger partial charge is 0.463 e. The topological polar surface area (TPSA) is 67.0 Å². The van der Waals surface area contributed by atoms with Crippen molar-refractivity contribution in [1.82, 2.24) is 10.2 Å². The van der Waals surface area contributed by atoms with Gasteiger partial charge in [-0.15, -0.1) is 0 Å². The zero-order valence-corrected chi connectivity index (χ0v) is 9.95. The van der Waals surface area contributed by atoms with E-state index in [2.05, 4.69) is 15.5 Å². The molecule has 2 N–H and O–H groups in total. The number of esters is 1. The predicted molar refractivity (Wildman–Crippen MR) is 64.3 cm³/mol. The first-order chi connectivity index (χ1) is 8.31. The van der Waals surface area contributed by atoms with Crippen molar-refractivity contribution < 1.29 is 9.53 Å². The Balaban J connectivity index is 2.16. The summed E-state index contributed by atoms with van der Waals surface area (Å²) in [4.78, 5) is 11.8. The summed E-state index contributed by atoms with van der Waals surface area (Å²) in [6.45, 7) is 2.24. The van der Waals surface area contributed by atoms with Gasteiger partial charge >= 0.3 is 5.97 Å². The standard InChI is InChI=1S/C12H17N3O2/c1-2-17-12(16)10-5-3-4-6-11(10)15-9-7-13-14-8-9/h7-8,15H,2-6H2,1H3,(H,13,14). The summed E-state index contributed by atoms with van der Waals surface area (Å²) in [7, 11) is 0. The van der Waals surface area contributed by atoms with Gasteiger partial charge in [0.1, 0.15) is 0 Å². The number of aromatic amines is 1. The first-order valence-electron chi connectivity index (χ1n) is 5.96. The van der Waals surface area contributed by atoms with Crippen LogP contribution in [-0.2, 0) is 9.53 Å². The van der Waals surface area contributed by atoms with Crippen LogP contribution in [0.1, 0.15) is 32.6 Å². The smallest absolute Gasteiger partial charge is 0.335 e. The monoisotopic (exact) mass is 235 g/mol. The number of hydrogen-bond acceptors (Lipinski definition) is 4. The number of hydrogen-bond donors (Lipinski definition) is 2. The molecular weight excluding hydrogens is 218 g/mol. The van der Waals surface area contributed by atoms with E-state index in [9.17, 15) is 4.79 Å². The fraction of sp³-hybridized carbons (Fsp3) is 0.500. The lowest BCUT2D eigenvalue weighted by Crippen LogP contribution is -2.17. The highest BCUT2D eigenvalue weighted by Crippen LogP contribution is 2.26. The Kier molecular flexibility index (Phi) is 3.80. The van der Waals surface area contributed by atoms with Crippen molar-refractivity contribution >= 4 is 11.7 Å². The van der Waals surface area contributed by atoms with E-state index in [1.807, 2.05) is 6.92 Å². The molecule has 1 aromatic heterocycles. The van der Waals surface area contributed by atoms with Gasteiger partial charge in [-0.05, 0) is 32.6 Å². The van der Waals surface area contributed by atoms with Crippen molar-refractivity contribution in [2.45, 2.75) is 32.6 Å². The van der Waals surface area contributed by atoms with Crippen LogP contribution in [0.15, 0.2) is 23.7 Å². The van der Waals surface area contributed by atoms with Crippen LogP contribution in [0.2, 0.25) is 0 Å². The highest BCUT2D eigenvalue weighted by molar-refractivity contribution is 5.90. The minimum Gasteiger partial charge on any atom is -0.463 e. The van der Waals surface area contributed by atoms with Gasteiger partial charge in [-0.2, -0.15) is 5.10 Å². The third-order valence-corrected chi connectivity index (χ3v) is 2.78. The van der Waals surface area contributed by atoms with E-state index in [1.54, 1.807) is 12.4 Å². The quantitative estimate of drug-likeness (QED) is 0.785. The molecule has 0 saturated heterocycles. The van der Waals surface area contributed by atoms with Gasteiger partial charge < -0.3 is 10.1 Å². The molecule has 1 aromatic rings. The van der Waals surface area contributed by atoms with Crippen molar-refractivity contribution in [2.75, 3.05) is 11.9 Å².